The Labute approximate surface area is 109 Å². The maximum atomic E-state index is 11.7. The van der Waals surface area contributed by atoms with E-state index in [1.54, 1.807) is 18.5 Å². The van der Waals surface area contributed by atoms with E-state index < -0.39 is 5.54 Å². The predicted molar refractivity (Wildman–Crippen MR) is 66.1 cm³/mol. The number of aromatic nitrogens is 4. The summed E-state index contributed by atoms with van der Waals surface area (Å²) >= 11 is 1.31. The van der Waals surface area contributed by atoms with E-state index in [9.17, 15) is 4.79 Å². The van der Waals surface area contributed by atoms with Crippen LogP contribution in [0.25, 0.3) is 0 Å². The quantitative estimate of drug-likeness (QED) is 0.707. The molecule has 0 atom stereocenters. The van der Waals surface area contributed by atoms with Gasteiger partial charge >= 0.3 is 0 Å². The van der Waals surface area contributed by atoms with Crippen molar-refractivity contribution in [3.63, 3.8) is 0 Å². The van der Waals surface area contributed by atoms with E-state index in [0.717, 1.165) is 12.8 Å². The molecule has 0 aromatic carbocycles. The summed E-state index contributed by atoms with van der Waals surface area (Å²) in [6.45, 7) is 3.44. The Balaban J connectivity index is 1.84. The van der Waals surface area contributed by atoms with Crippen molar-refractivity contribution in [2.24, 2.45) is 0 Å². The zero-order valence-corrected chi connectivity index (χ0v) is 11.3. The fourth-order valence-corrected chi connectivity index (χ4v) is 2.16. The molecule has 0 spiro atoms. The van der Waals surface area contributed by atoms with Crippen LogP contribution in [-0.2, 0) is 4.79 Å². The van der Waals surface area contributed by atoms with Crippen molar-refractivity contribution in [1.29, 1.82) is 0 Å². The molecule has 0 radical (unpaired) electrons. The number of nitrogens with one attached hydrogen (secondary N) is 1. The summed E-state index contributed by atoms with van der Waals surface area (Å²) in [4.78, 5) is 11.7. The van der Waals surface area contributed by atoms with Gasteiger partial charge in [-0.25, -0.2) is 4.68 Å². The summed E-state index contributed by atoms with van der Waals surface area (Å²) in [5.74, 6) is 0.112. The Hall–Kier alpha value is -1.15. The lowest BCUT2D eigenvalue weighted by molar-refractivity contribution is -0.120. The average Bonchev–Trinajstić information content (AvgIpc) is 3.05. The van der Waals surface area contributed by atoms with Crippen LogP contribution in [0.15, 0.2) is 5.16 Å². The minimum Gasteiger partial charge on any atom is -0.394 e. The molecule has 1 heterocycles. The number of hydrogen-bond donors (Lipinski definition) is 2. The topological polar surface area (TPSA) is 92.9 Å². The second-order valence-electron chi connectivity index (χ2n) is 5.02. The lowest BCUT2D eigenvalue weighted by atomic mass is 10.1. The molecule has 1 aromatic rings. The van der Waals surface area contributed by atoms with Crippen molar-refractivity contribution in [2.45, 2.75) is 43.4 Å². The van der Waals surface area contributed by atoms with E-state index in [0.29, 0.717) is 11.2 Å². The van der Waals surface area contributed by atoms with Crippen LogP contribution in [0, 0.1) is 0 Å². The highest BCUT2D eigenvalue weighted by Gasteiger charge is 2.28. The van der Waals surface area contributed by atoms with E-state index in [-0.39, 0.29) is 18.3 Å². The molecule has 8 heteroatoms. The van der Waals surface area contributed by atoms with E-state index in [2.05, 4.69) is 20.8 Å². The summed E-state index contributed by atoms with van der Waals surface area (Å²) in [7, 11) is 0. The molecule has 1 aromatic heterocycles. The van der Waals surface area contributed by atoms with Crippen LogP contribution in [0.1, 0.15) is 32.7 Å². The molecule has 1 amide bonds. The van der Waals surface area contributed by atoms with Crippen LogP contribution in [0.2, 0.25) is 0 Å². The van der Waals surface area contributed by atoms with Gasteiger partial charge in [0, 0.05) is 0 Å². The van der Waals surface area contributed by atoms with Gasteiger partial charge in [0.2, 0.25) is 11.1 Å². The minimum atomic E-state index is -0.597. The number of rotatable bonds is 6. The van der Waals surface area contributed by atoms with Crippen molar-refractivity contribution >= 4 is 17.7 Å². The monoisotopic (exact) mass is 271 g/mol. The van der Waals surface area contributed by atoms with E-state index >= 15 is 0 Å². The third kappa shape index (κ3) is 3.42. The van der Waals surface area contributed by atoms with Crippen LogP contribution in [0.4, 0.5) is 0 Å². The first-order valence-corrected chi connectivity index (χ1v) is 6.83. The van der Waals surface area contributed by atoms with Gasteiger partial charge in [-0.05, 0) is 37.1 Å². The number of nitrogens with zero attached hydrogens (tertiary/aromatic N) is 4. The molecule has 7 nitrogen and oxygen atoms in total. The van der Waals surface area contributed by atoms with Gasteiger partial charge < -0.3 is 10.4 Å². The summed E-state index contributed by atoms with van der Waals surface area (Å²) in [5.41, 5.74) is -0.597. The highest BCUT2D eigenvalue weighted by molar-refractivity contribution is 7.99. The lowest BCUT2D eigenvalue weighted by Gasteiger charge is -2.23. The Morgan fingerprint density at radius 3 is 2.94 bits per heavy atom. The smallest absolute Gasteiger partial charge is 0.230 e. The molecule has 100 valence electrons. The van der Waals surface area contributed by atoms with Gasteiger partial charge in [0.1, 0.15) is 0 Å². The number of thioether (sulfide) groups is 1. The van der Waals surface area contributed by atoms with Gasteiger partial charge in [-0.1, -0.05) is 11.8 Å². The normalized spacial score (nSPS) is 15.7. The van der Waals surface area contributed by atoms with Gasteiger partial charge in [-0.15, -0.1) is 5.10 Å². The summed E-state index contributed by atoms with van der Waals surface area (Å²) < 4.78 is 1.77. The average molecular weight is 271 g/mol. The van der Waals surface area contributed by atoms with Crippen LogP contribution in [0.5, 0.6) is 0 Å². The van der Waals surface area contributed by atoms with Gasteiger partial charge in [-0.3, -0.25) is 4.79 Å². The number of tetrazole rings is 1. The molecular weight excluding hydrogens is 254 g/mol. The van der Waals surface area contributed by atoms with Crippen molar-refractivity contribution in [1.82, 2.24) is 25.5 Å². The molecule has 1 aliphatic carbocycles. The van der Waals surface area contributed by atoms with Crippen molar-refractivity contribution < 1.29 is 9.90 Å². The third-order valence-corrected chi connectivity index (χ3v) is 3.49. The van der Waals surface area contributed by atoms with Gasteiger partial charge in [0.15, 0.2) is 0 Å². The number of aliphatic hydroxyl groups excluding tert-OH is 1. The fourth-order valence-electron chi connectivity index (χ4n) is 1.41. The van der Waals surface area contributed by atoms with Crippen molar-refractivity contribution in [3.8, 4) is 0 Å². The number of hydrogen-bond acceptors (Lipinski definition) is 6. The van der Waals surface area contributed by atoms with Crippen molar-refractivity contribution in [2.75, 3.05) is 12.4 Å². The van der Waals surface area contributed by atoms with Crippen LogP contribution < -0.4 is 5.32 Å². The maximum absolute atomic E-state index is 11.7. The fraction of sp³-hybridized carbons (Fsp3) is 0.800. The Morgan fingerprint density at radius 2 is 2.33 bits per heavy atom. The SMILES string of the molecule is CC(C)(CO)NC(=O)CSc1nnnn1C1CC1. The van der Waals surface area contributed by atoms with Gasteiger partial charge in [-0.2, -0.15) is 0 Å². The molecule has 2 rings (SSSR count). The van der Waals surface area contributed by atoms with Crippen LogP contribution in [-0.4, -0.2) is 49.1 Å². The standard InChI is InChI=1S/C10H17N5O2S/c1-10(2,6-16)11-8(17)5-18-9-12-13-14-15(9)7-3-4-7/h7,16H,3-6H2,1-2H3,(H,11,17). The molecular formula is C10H17N5O2S. The molecule has 1 saturated carbocycles. The van der Waals surface area contributed by atoms with E-state index in [1.165, 1.54) is 11.8 Å². The Morgan fingerprint density at radius 1 is 1.61 bits per heavy atom. The largest absolute Gasteiger partial charge is 0.394 e. The summed E-state index contributed by atoms with van der Waals surface area (Å²) in [6.07, 6.45) is 2.20. The van der Waals surface area contributed by atoms with Gasteiger partial charge in [0.25, 0.3) is 0 Å². The third-order valence-electron chi connectivity index (χ3n) is 2.56. The number of carbonyl (C=O) groups excluding carboxylic acids is 1. The first-order chi connectivity index (χ1) is 8.52. The molecule has 0 unspecified atom stereocenters. The summed E-state index contributed by atoms with van der Waals surface area (Å²) in [6, 6.07) is 0.402. The molecule has 0 aliphatic heterocycles. The maximum Gasteiger partial charge on any atom is 0.230 e. The number of carbonyl (C=O) groups is 1. The van der Waals surface area contributed by atoms with Gasteiger partial charge in [0.05, 0.1) is 23.9 Å². The second-order valence-corrected chi connectivity index (χ2v) is 5.96. The molecule has 0 saturated heterocycles. The van der Waals surface area contributed by atoms with Crippen molar-refractivity contribution in [3.05, 3.63) is 0 Å². The van der Waals surface area contributed by atoms with E-state index in [4.69, 9.17) is 5.11 Å². The first-order valence-electron chi connectivity index (χ1n) is 5.84. The molecule has 1 aliphatic rings. The number of amides is 1. The Bertz CT molecular complexity index is 430. The van der Waals surface area contributed by atoms with Crippen LogP contribution in [0.3, 0.4) is 0 Å². The second kappa shape index (κ2) is 5.23. The zero-order chi connectivity index (χ0) is 13.2. The highest BCUT2D eigenvalue weighted by Crippen LogP contribution is 2.36. The molecule has 0 bridgehead atoms. The lowest BCUT2D eigenvalue weighted by Crippen LogP contribution is -2.47. The summed E-state index contributed by atoms with van der Waals surface area (Å²) in [5, 5.41) is 23.9. The highest BCUT2D eigenvalue weighted by atomic mass is 32.2. The zero-order valence-electron chi connectivity index (χ0n) is 10.5. The predicted octanol–water partition coefficient (Wildman–Crippen LogP) is -0.0128. The molecule has 1 fully saturated rings. The minimum absolute atomic E-state index is 0.0940. The molecule has 2 N–H and O–H groups in total. The first kappa shape index (κ1) is 13.3. The number of aliphatic hydroxyl groups is 1. The molecule has 18 heavy (non-hydrogen) atoms. The Kier molecular flexibility index (Phi) is 3.86. The van der Waals surface area contributed by atoms with Crippen LogP contribution >= 0.6 is 11.8 Å². The van der Waals surface area contributed by atoms with E-state index in [1.807, 2.05) is 0 Å².